The predicted molar refractivity (Wildman–Crippen MR) is 275 cm³/mol. The average Bonchev–Trinajstić information content (AvgIpc) is 3.93. The second kappa shape index (κ2) is 15.4. The van der Waals surface area contributed by atoms with Crippen molar-refractivity contribution in [2.75, 3.05) is 0 Å². The van der Waals surface area contributed by atoms with Gasteiger partial charge in [0.1, 0.15) is 0 Å². The van der Waals surface area contributed by atoms with Crippen molar-refractivity contribution in [2.45, 2.75) is 5.41 Å². The summed E-state index contributed by atoms with van der Waals surface area (Å²) in [4.78, 5) is 16.1. The normalized spacial score (nSPS) is 12.7. The third kappa shape index (κ3) is 5.99. The van der Waals surface area contributed by atoms with Gasteiger partial charge >= 0.3 is 0 Å². The molecule has 0 unspecified atom stereocenters. The van der Waals surface area contributed by atoms with Crippen molar-refractivity contribution in [2.24, 2.45) is 0 Å². The molecule has 0 spiro atoms. The molecule has 3 nitrogen and oxygen atoms in total. The summed E-state index contributed by atoms with van der Waals surface area (Å²) < 4.78 is 2.59. The molecule has 308 valence electrons. The summed E-state index contributed by atoms with van der Waals surface area (Å²) in [5, 5.41) is 5.03. The van der Waals surface area contributed by atoms with E-state index >= 15 is 0 Å². The summed E-state index contributed by atoms with van der Waals surface area (Å²) in [6, 6.07) is 85.1. The molecule has 2 aromatic heterocycles. The van der Waals surface area contributed by atoms with Gasteiger partial charge in [0.2, 0.25) is 0 Å². The van der Waals surface area contributed by atoms with Crippen LogP contribution in [0, 0.1) is 0 Å². The minimum atomic E-state index is -0.549. The summed E-state index contributed by atoms with van der Waals surface area (Å²) in [5.74, 6) is 1.88. The highest BCUT2D eigenvalue weighted by Crippen LogP contribution is 2.58. The lowest BCUT2D eigenvalue weighted by atomic mass is 9.67. The van der Waals surface area contributed by atoms with Crippen molar-refractivity contribution < 1.29 is 0 Å². The number of aromatic nitrogens is 3. The van der Waals surface area contributed by atoms with Gasteiger partial charge in [-0.3, -0.25) is 0 Å². The van der Waals surface area contributed by atoms with Gasteiger partial charge in [-0.2, -0.15) is 0 Å². The first-order valence-corrected chi connectivity index (χ1v) is 23.2. The Morgan fingerprint density at radius 2 is 0.773 bits per heavy atom. The highest BCUT2D eigenvalue weighted by atomic mass is 32.1. The van der Waals surface area contributed by atoms with Crippen LogP contribution in [0.3, 0.4) is 0 Å². The van der Waals surface area contributed by atoms with Gasteiger partial charge in [0, 0.05) is 36.9 Å². The molecule has 66 heavy (non-hydrogen) atoms. The summed E-state index contributed by atoms with van der Waals surface area (Å²) in [5.41, 5.74) is 14.2. The van der Waals surface area contributed by atoms with Crippen LogP contribution in [0.15, 0.2) is 237 Å². The highest BCUT2D eigenvalue weighted by Gasteiger charge is 2.47. The highest BCUT2D eigenvalue weighted by molar-refractivity contribution is 7.25. The molecule has 2 heterocycles. The fourth-order valence-corrected chi connectivity index (χ4v) is 11.7. The molecule has 10 aromatic carbocycles. The van der Waals surface area contributed by atoms with E-state index in [0.29, 0.717) is 17.5 Å². The summed E-state index contributed by atoms with van der Waals surface area (Å²) in [6.45, 7) is 0. The van der Waals surface area contributed by atoms with Gasteiger partial charge < -0.3 is 0 Å². The maximum atomic E-state index is 5.41. The second-order valence-corrected chi connectivity index (χ2v) is 18.1. The van der Waals surface area contributed by atoms with Gasteiger partial charge in [-0.15, -0.1) is 11.3 Å². The number of hydrogen-bond acceptors (Lipinski definition) is 4. The van der Waals surface area contributed by atoms with E-state index in [1.807, 2.05) is 11.3 Å². The molecule has 13 rings (SSSR count). The lowest BCUT2D eigenvalue weighted by Gasteiger charge is -2.33. The summed E-state index contributed by atoms with van der Waals surface area (Å²) in [7, 11) is 0. The van der Waals surface area contributed by atoms with Crippen molar-refractivity contribution in [3.05, 3.63) is 259 Å². The average molecular weight is 858 g/mol. The van der Waals surface area contributed by atoms with Crippen LogP contribution in [0.2, 0.25) is 0 Å². The van der Waals surface area contributed by atoms with Crippen molar-refractivity contribution >= 4 is 42.3 Å². The number of hydrogen-bond donors (Lipinski definition) is 0. The quantitative estimate of drug-likeness (QED) is 0.160. The third-order valence-electron chi connectivity index (χ3n) is 13.5. The van der Waals surface area contributed by atoms with Crippen LogP contribution in [0.25, 0.3) is 98.5 Å². The Kier molecular flexibility index (Phi) is 8.93. The lowest BCUT2D eigenvalue weighted by molar-refractivity contribution is 0.768. The Morgan fingerprint density at radius 3 is 1.50 bits per heavy atom. The minimum Gasteiger partial charge on any atom is -0.208 e. The molecule has 0 saturated heterocycles. The smallest absolute Gasteiger partial charge is 0.164 e. The molecule has 0 aliphatic heterocycles. The molecule has 0 amide bonds. The SMILES string of the molecule is c1ccc(C2(c3ccccc3)c3ccccc3-c3c(-c4nc(-c5ccc(-c6cccc7ccccc67)cc5)nc(-c5ccc(-c6cccc7sc8ccccc8c67)cc5)n4)cccc32)cc1. The number of fused-ring (bicyclic) bond motifs is 7. The third-order valence-corrected chi connectivity index (χ3v) is 14.6. The van der Waals surface area contributed by atoms with Gasteiger partial charge in [0.15, 0.2) is 17.5 Å². The predicted octanol–water partition coefficient (Wildman–Crippen LogP) is 16.1. The maximum absolute atomic E-state index is 5.41. The van der Waals surface area contributed by atoms with E-state index in [2.05, 4.69) is 237 Å². The van der Waals surface area contributed by atoms with Crippen molar-refractivity contribution in [3.63, 3.8) is 0 Å². The molecule has 1 aliphatic carbocycles. The van der Waals surface area contributed by atoms with E-state index in [0.717, 1.165) is 33.4 Å². The summed E-state index contributed by atoms with van der Waals surface area (Å²) in [6.07, 6.45) is 0. The van der Waals surface area contributed by atoms with Crippen molar-refractivity contribution in [1.82, 2.24) is 15.0 Å². The number of nitrogens with zero attached hydrogens (tertiary/aromatic N) is 3. The largest absolute Gasteiger partial charge is 0.208 e. The molecule has 0 radical (unpaired) electrons. The Morgan fingerprint density at radius 1 is 0.303 bits per heavy atom. The van der Waals surface area contributed by atoms with E-state index in [9.17, 15) is 0 Å². The van der Waals surface area contributed by atoms with Crippen LogP contribution in [0.5, 0.6) is 0 Å². The molecule has 0 atom stereocenters. The Balaban J connectivity index is 1.00. The molecule has 0 N–H and O–H groups in total. The maximum Gasteiger partial charge on any atom is 0.164 e. The zero-order valence-corrected chi connectivity index (χ0v) is 36.6. The first-order valence-electron chi connectivity index (χ1n) is 22.4. The van der Waals surface area contributed by atoms with Gasteiger partial charge in [0.25, 0.3) is 0 Å². The molecule has 4 heteroatoms. The van der Waals surface area contributed by atoms with Gasteiger partial charge in [-0.1, -0.05) is 224 Å². The second-order valence-electron chi connectivity index (χ2n) is 17.0. The van der Waals surface area contributed by atoms with Crippen molar-refractivity contribution in [1.29, 1.82) is 0 Å². The van der Waals surface area contributed by atoms with E-state index in [1.54, 1.807) is 0 Å². The van der Waals surface area contributed by atoms with Crippen LogP contribution < -0.4 is 0 Å². The molecule has 0 saturated carbocycles. The molecular formula is C62H39N3S. The van der Waals surface area contributed by atoms with Gasteiger partial charge in [-0.05, 0) is 78.5 Å². The number of thiophene rings is 1. The van der Waals surface area contributed by atoms with Gasteiger partial charge in [0.05, 0.1) is 5.41 Å². The van der Waals surface area contributed by atoms with E-state index in [-0.39, 0.29) is 0 Å². The van der Waals surface area contributed by atoms with Crippen LogP contribution in [0.1, 0.15) is 22.3 Å². The van der Waals surface area contributed by atoms with Crippen LogP contribution in [-0.4, -0.2) is 15.0 Å². The monoisotopic (exact) mass is 857 g/mol. The number of rotatable bonds is 7. The first kappa shape index (κ1) is 38.2. The molecular weight excluding hydrogens is 819 g/mol. The van der Waals surface area contributed by atoms with E-state index in [1.165, 1.54) is 69.9 Å². The Bertz CT molecular complexity index is 3760. The fraction of sp³-hybridized carbons (Fsp3) is 0.0161. The minimum absolute atomic E-state index is 0.549. The summed E-state index contributed by atoms with van der Waals surface area (Å²) >= 11 is 1.84. The molecule has 0 bridgehead atoms. The van der Waals surface area contributed by atoms with Crippen LogP contribution in [0.4, 0.5) is 0 Å². The molecule has 1 aliphatic rings. The van der Waals surface area contributed by atoms with Gasteiger partial charge in [-0.25, -0.2) is 15.0 Å². The first-order chi connectivity index (χ1) is 32.7. The van der Waals surface area contributed by atoms with E-state index in [4.69, 9.17) is 15.0 Å². The lowest BCUT2D eigenvalue weighted by Crippen LogP contribution is -2.28. The molecule has 12 aromatic rings. The molecule has 0 fully saturated rings. The van der Waals surface area contributed by atoms with Crippen molar-refractivity contribution in [3.8, 4) is 67.5 Å². The topological polar surface area (TPSA) is 38.7 Å². The Hall–Kier alpha value is -8.31. The zero-order valence-electron chi connectivity index (χ0n) is 35.8. The zero-order chi connectivity index (χ0) is 43.6. The number of benzene rings is 10. The van der Waals surface area contributed by atoms with Crippen LogP contribution in [-0.2, 0) is 5.41 Å². The standard InChI is InChI=1S/C62H39N3S/c1-3-18-45(19-4-1)62(46-20-5-2-6-21-46)53-28-11-9-23-50(53)57-52(27-14-29-54(57)62)61-64-59(43-36-32-41(33-37-43)48-25-13-17-40-16-7-8-22-47(40)48)63-60(65-61)44-38-34-42(35-39-44)49-26-15-31-56-58(49)51-24-10-12-30-55(51)66-56/h1-39H. The fourth-order valence-electron chi connectivity index (χ4n) is 10.5. The Labute approximate surface area is 387 Å². The van der Waals surface area contributed by atoms with Crippen LogP contribution >= 0.6 is 11.3 Å². The van der Waals surface area contributed by atoms with E-state index < -0.39 is 5.41 Å².